The highest BCUT2D eigenvalue weighted by Gasteiger charge is 2.17. The van der Waals surface area contributed by atoms with Gasteiger partial charge in [0, 0.05) is 18.7 Å². The number of benzene rings is 1. The molecule has 1 aromatic rings. The molecule has 1 heterocycles. The predicted molar refractivity (Wildman–Crippen MR) is 64.4 cm³/mol. The lowest BCUT2D eigenvalue weighted by Crippen LogP contribution is -2.19. The average molecular weight is 221 g/mol. The summed E-state index contributed by atoms with van der Waals surface area (Å²) >= 11 is 0. The zero-order chi connectivity index (χ0) is 11.5. The van der Waals surface area contributed by atoms with Crippen LogP contribution < -0.4 is 10.7 Å². The Bertz CT molecular complexity index is 409. The first-order chi connectivity index (χ1) is 7.72. The summed E-state index contributed by atoms with van der Waals surface area (Å²) in [4.78, 5) is 2.09. The van der Waals surface area contributed by atoms with Gasteiger partial charge in [-0.3, -0.25) is 0 Å². The summed E-state index contributed by atoms with van der Waals surface area (Å²) in [6.07, 6.45) is 3.77. The molecule has 16 heavy (non-hydrogen) atoms. The maximum atomic E-state index is 13.9. The molecule has 0 saturated carbocycles. The van der Waals surface area contributed by atoms with Crippen LogP contribution in [0.2, 0.25) is 0 Å². The van der Waals surface area contributed by atoms with Crippen molar-refractivity contribution in [1.82, 2.24) is 0 Å². The third-order valence-electron chi connectivity index (χ3n) is 3.00. The molecule has 1 aliphatic heterocycles. The van der Waals surface area contributed by atoms with E-state index in [9.17, 15) is 4.39 Å². The lowest BCUT2D eigenvalue weighted by molar-refractivity contribution is 0.622. The quantitative estimate of drug-likeness (QED) is 0.471. The van der Waals surface area contributed by atoms with Crippen LogP contribution in [0.25, 0.3) is 0 Å². The van der Waals surface area contributed by atoms with Gasteiger partial charge in [-0.25, -0.2) is 4.39 Å². The highest BCUT2D eigenvalue weighted by molar-refractivity contribution is 5.82. The molecule has 0 unspecified atom stereocenters. The molecule has 0 radical (unpaired) electrons. The molecule has 3 nitrogen and oxygen atoms in total. The van der Waals surface area contributed by atoms with Crippen LogP contribution in [-0.4, -0.2) is 19.3 Å². The Hall–Kier alpha value is -1.58. The highest BCUT2D eigenvalue weighted by atomic mass is 19.1. The SMILES string of the molecule is Cc1cc(N2CCCC2)c(F)cc1C=NN. The number of rotatable bonds is 2. The highest BCUT2D eigenvalue weighted by Crippen LogP contribution is 2.26. The van der Waals surface area contributed by atoms with Crippen molar-refractivity contribution >= 4 is 11.9 Å². The van der Waals surface area contributed by atoms with Crippen LogP contribution in [-0.2, 0) is 0 Å². The molecule has 2 N–H and O–H groups in total. The molecular weight excluding hydrogens is 205 g/mol. The van der Waals surface area contributed by atoms with Crippen molar-refractivity contribution < 1.29 is 4.39 Å². The topological polar surface area (TPSA) is 41.6 Å². The molecule has 1 fully saturated rings. The molecule has 4 heteroatoms. The Morgan fingerprint density at radius 3 is 2.69 bits per heavy atom. The number of hydrogen-bond donors (Lipinski definition) is 1. The van der Waals surface area contributed by atoms with E-state index in [1.165, 1.54) is 12.3 Å². The molecule has 1 aliphatic rings. The maximum Gasteiger partial charge on any atom is 0.147 e. The smallest absolute Gasteiger partial charge is 0.147 e. The molecule has 0 atom stereocenters. The Kier molecular flexibility index (Phi) is 3.08. The number of halogens is 1. The number of aryl methyl sites for hydroxylation is 1. The second-order valence-corrected chi connectivity index (χ2v) is 4.13. The van der Waals surface area contributed by atoms with Gasteiger partial charge in [0.25, 0.3) is 0 Å². The summed E-state index contributed by atoms with van der Waals surface area (Å²) in [5.74, 6) is 4.88. The van der Waals surface area contributed by atoms with Crippen molar-refractivity contribution in [2.75, 3.05) is 18.0 Å². The summed E-state index contributed by atoms with van der Waals surface area (Å²) in [5, 5.41) is 3.43. The van der Waals surface area contributed by atoms with Crippen LogP contribution in [0.5, 0.6) is 0 Å². The zero-order valence-electron chi connectivity index (χ0n) is 9.41. The van der Waals surface area contributed by atoms with Gasteiger partial charge in [-0.15, -0.1) is 0 Å². The summed E-state index contributed by atoms with van der Waals surface area (Å²) in [6, 6.07) is 3.37. The molecule has 0 spiro atoms. The molecule has 86 valence electrons. The first-order valence-electron chi connectivity index (χ1n) is 5.50. The monoisotopic (exact) mass is 221 g/mol. The van der Waals surface area contributed by atoms with Gasteiger partial charge in [0.05, 0.1) is 11.9 Å². The van der Waals surface area contributed by atoms with Crippen molar-refractivity contribution in [3.05, 3.63) is 29.1 Å². The minimum absolute atomic E-state index is 0.192. The largest absolute Gasteiger partial charge is 0.369 e. The van der Waals surface area contributed by atoms with Crippen molar-refractivity contribution in [1.29, 1.82) is 0 Å². The minimum atomic E-state index is -0.192. The minimum Gasteiger partial charge on any atom is -0.369 e. The van der Waals surface area contributed by atoms with Crippen LogP contribution in [0.4, 0.5) is 10.1 Å². The van der Waals surface area contributed by atoms with Crippen LogP contribution in [0.15, 0.2) is 17.2 Å². The first kappa shape index (κ1) is 10.9. The lowest BCUT2D eigenvalue weighted by Gasteiger charge is -2.19. The molecule has 0 aromatic heterocycles. The van der Waals surface area contributed by atoms with Crippen molar-refractivity contribution in [2.24, 2.45) is 10.9 Å². The zero-order valence-corrected chi connectivity index (χ0v) is 9.41. The molecule has 1 saturated heterocycles. The average Bonchev–Trinajstić information content (AvgIpc) is 2.76. The van der Waals surface area contributed by atoms with Crippen molar-refractivity contribution in [3.8, 4) is 0 Å². The molecular formula is C12H16FN3. The van der Waals surface area contributed by atoms with E-state index >= 15 is 0 Å². The molecule has 0 amide bonds. The van der Waals surface area contributed by atoms with Gasteiger partial charge in [-0.2, -0.15) is 5.10 Å². The van der Waals surface area contributed by atoms with Gasteiger partial charge in [-0.1, -0.05) is 0 Å². The third kappa shape index (κ3) is 2.01. The predicted octanol–water partition coefficient (Wildman–Crippen LogP) is 2.03. The Balaban J connectivity index is 2.36. The summed E-state index contributed by atoms with van der Waals surface area (Å²) in [5.41, 5.74) is 2.43. The standard InChI is InChI=1S/C12H16FN3/c1-9-6-12(16-4-2-3-5-16)11(13)7-10(9)8-15-14/h6-8H,2-5,14H2,1H3. The van der Waals surface area contributed by atoms with E-state index in [1.807, 2.05) is 13.0 Å². The van der Waals surface area contributed by atoms with Gasteiger partial charge < -0.3 is 10.7 Å². The van der Waals surface area contributed by atoms with Crippen molar-refractivity contribution in [3.63, 3.8) is 0 Å². The van der Waals surface area contributed by atoms with Crippen LogP contribution >= 0.6 is 0 Å². The fourth-order valence-electron chi connectivity index (χ4n) is 2.10. The summed E-state index contributed by atoms with van der Waals surface area (Å²) in [6.45, 7) is 3.83. The number of hydrogen-bond acceptors (Lipinski definition) is 3. The van der Waals surface area contributed by atoms with Crippen LogP contribution in [0, 0.1) is 12.7 Å². The first-order valence-corrected chi connectivity index (χ1v) is 5.50. The molecule has 0 aliphatic carbocycles. The fourth-order valence-corrected chi connectivity index (χ4v) is 2.10. The van der Waals surface area contributed by atoms with E-state index in [-0.39, 0.29) is 5.82 Å². The summed E-state index contributed by atoms with van der Waals surface area (Å²) in [7, 11) is 0. The number of nitrogens with zero attached hydrogens (tertiary/aromatic N) is 2. The number of anilines is 1. The second kappa shape index (κ2) is 4.51. The molecule has 0 bridgehead atoms. The lowest BCUT2D eigenvalue weighted by atomic mass is 10.1. The van der Waals surface area contributed by atoms with Gasteiger partial charge >= 0.3 is 0 Å². The third-order valence-corrected chi connectivity index (χ3v) is 3.00. The van der Waals surface area contributed by atoms with Gasteiger partial charge in [0.15, 0.2) is 0 Å². The van der Waals surface area contributed by atoms with Crippen LogP contribution in [0.3, 0.4) is 0 Å². The van der Waals surface area contributed by atoms with E-state index in [2.05, 4.69) is 10.0 Å². The normalized spacial score (nSPS) is 16.2. The Labute approximate surface area is 94.7 Å². The maximum absolute atomic E-state index is 13.9. The van der Waals surface area contributed by atoms with Crippen LogP contribution in [0.1, 0.15) is 24.0 Å². The Morgan fingerprint density at radius 1 is 1.38 bits per heavy atom. The van der Waals surface area contributed by atoms with Gasteiger partial charge in [0.2, 0.25) is 0 Å². The molecule has 1 aromatic carbocycles. The van der Waals surface area contributed by atoms with Gasteiger partial charge in [0.1, 0.15) is 5.82 Å². The number of hydrazone groups is 1. The van der Waals surface area contributed by atoms with Gasteiger partial charge in [-0.05, 0) is 37.5 Å². The van der Waals surface area contributed by atoms with E-state index in [0.717, 1.165) is 37.1 Å². The van der Waals surface area contributed by atoms with E-state index in [4.69, 9.17) is 5.84 Å². The molecule has 2 rings (SSSR count). The second-order valence-electron chi connectivity index (χ2n) is 4.13. The fraction of sp³-hybridized carbons (Fsp3) is 0.417. The summed E-state index contributed by atoms with van der Waals surface area (Å²) < 4.78 is 13.9. The Morgan fingerprint density at radius 2 is 2.06 bits per heavy atom. The number of nitrogens with two attached hydrogens (primary N) is 1. The van der Waals surface area contributed by atoms with E-state index in [0.29, 0.717) is 5.69 Å². The van der Waals surface area contributed by atoms with Crippen molar-refractivity contribution in [2.45, 2.75) is 19.8 Å². The van der Waals surface area contributed by atoms with E-state index < -0.39 is 0 Å². The van der Waals surface area contributed by atoms with E-state index in [1.54, 1.807) is 0 Å².